The number of ether oxygens (including phenoxy) is 2. The number of Topliss-reactive ketones (excluding diaryl/α,β-unsaturated/α-hetero) is 1. The Kier molecular flexibility index (Phi) is 3.76. The molecule has 0 fully saturated rings. The van der Waals surface area contributed by atoms with Crippen molar-refractivity contribution in [3.63, 3.8) is 0 Å². The van der Waals surface area contributed by atoms with Crippen molar-refractivity contribution in [3.8, 4) is 11.5 Å². The molecule has 0 unspecified atom stereocenters. The van der Waals surface area contributed by atoms with Crippen LogP contribution in [0.2, 0.25) is 0 Å². The topological polar surface area (TPSA) is 90.0 Å². The third kappa shape index (κ3) is 2.23. The lowest BCUT2D eigenvalue weighted by Crippen LogP contribution is -2.36. The number of amides is 1. The molecule has 0 radical (unpaired) electrons. The molecule has 0 saturated carbocycles. The molecular formula is C16H13NO6S. The van der Waals surface area contributed by atoms with E-state index in [9.17, 15) is 18.0 Å². The minimum absolute atomic E-state index is 0.0129. The zero-order valence-corrected chi connectivity index (χ0v) is 13.7. The Morgan fingerprint density at radius 1 is 0.958 bits per heavy atom. The van der Waals surface area contributed by atoms with E-state index < -0.39 is 21.7 Å². The largest absolute Gasteiger partial charge is 0.497 e. The summed E-state index contributed by atoms with van der Waals surface area (Å²) in [5, 5.41) is 0. The number of sulfonamides is 1. The fourth-order valence-electron chi connectivity index (χ4n) is 2.48. The van der Waals surface area contributed by atoms with Crippen LogP contribution in [-0.2, 0) is 14.8 Å². The van der Waals surface area contributed by atoms with E-state index in [1.807, 2.05) is 0 Å². The zero-order chi connectivity index (χ0) is 17.5. The van der Waals surface area contributed by atoms with Crippen LogP contribution in [-0.4, -0.2) is 34.3 Å². The van der Waals surface area contributed by atoms with Gasteiger partial charge in [0, 0.05) is 6.07 Å². The highest BCUT2D eigenvalue weighted by Gasteiger charge is 2.44. The summed E-state index contributed by atoms with van der Waals surface area (Å²) in [5.41, 5.74) is 0.0870. The van der Waals surface area contributed by atoms with Crippen molar-refractivity contribution in [1.82, 2.24) is 0 Å². The van der Waals surface area contributed by atoms with Crippen molar-refractivity contribution in [2.45, 2.75) is 4.90 Å². The fourth-order valence-corrected chi connectivity index (χ4v) is 4.04. The Bertz CT molecular complexity index is 951. The molecule has 0 aromatic heterocycles. The highest BCUT2D eigenvalue weighted by molar-refractivity contribution is 7.94. The number of benzene rings is 2. The van der Waals surface area contributed by atoms with Gasteiger partial charge in [-0.25, -0.2) is 8.42 Å². The first-order chi connectivity index (χ1) is 11.4. The predicted octanol–water partition coefficient (Wildman–Crippen LogP) is 1.62. The van der Waals surface area contributed by atoms with E-state index >= 15 is 0 Å². The van der Waals surface area contributed by atoms with Gasteiger partial charge in [-0.15, -0.1) is 0 Å². The summed E-state index contributed by atoms with van der Waals surface area (Å²) in [4.78, 5) is 24.0. The summed E-state index contributed by atoms with van der Waals surface area (Å²) < 4.78 is 36.6. The smallest absolute Gasteiger partial charge is 0.313 e. The minimum atomic E-state index is -4.32. The standard InChI is InChI=1S/C16H13NO6S/c1-22-10-7-8-14(13(9-10)23-2)24(20,21)17-12-6-4-3-5-11(12)15(18)16(17)19/h3-9H,1-2H3. The molecule has 124 valence electrons. The molecule has 0 N–H and O–H groups in total. The Balaban J connectivity index is 2.19. The number of ketones is 1. The number of carbonyl (C=O) groups is 2. The number of hydrogen-bond donors (Lipinski definition) is 0. The maximum atomic E-state index is 13.0. The molecule has 0 spiro atoms. The monoisotopic (exact) mass is 347 g/mol. The third-order valence-corrected chi connectivity index (χ3v) is 5.37. The van der Waals surface area contributed by atoms with Gasteiger partial charge in [-0.05, 0) is 24.3 Å². The van der Waals surface area contributed by atoms with Crippen molar-refractivity contribution < 1.29 is 27.5 Å². The normalized spacial score (nSPS) is 13.8. The van der Waals surface area contributed by atoms with Gasteiger partial charge in [0.1, 0.15) is 16.4 Å². The molecule has 0 atom stereocenters. The number of carbonyl (C=O) groups excluding carboxylic acids is 2. The highest BCUT2D eigenvalue weighted by atomic mass is 32.2. The molecule has 0 bridgehead atoms. The van der Waals surface area contributed by atoms with E-state index in [0.717, 1.165) is 0 Å². The summed E-state index contributed by atoms with van der Waals surface area (Å²) in [6.07, 6.45) is 0. The van der Waals surface area contributed by atoms with Gasteiger partial charge in [0.25, 0.3) is 15.8 Å². The maximum absolute atomic E-state index is 13.0. The van der Waals surface area contributed by atoms with Gasteiger partial charge in [0.05, 0.1) is 25.5 Å². The van der Waals surface area contributed by atoms with Crippen LogP contribution < -0.4 is 13.8 Å². The molecule has 24 heavy (non-hydrogen) atoms. The van der Waals surface area contributed by atoms with Crippen molar-refractivity contribution >= 4 is 27.4 Å². The Labute approximate surface area is 138 Å². The molecule has 1 aliphatic heterocycles. The second-order valence-corrected chi connectivity index (χ2v) is 6.69. The lowest BCUT2D eigenvalue weighted by molar-refractivity contribution is -0.113. The van der Waals surface area contributed by atoms with Crippen LogP contribution >= 0.6 is 0 Å². The molecule has 2 aromatic rings. The second-order valence-electron chi connectivity index (χ2n) is 4.94. The van der Waals surface area contributed by atoms with E-state index in [0.29, 0.717) is 10.1 Å². The van der Waals surface area contributed by atoms with Gasteiger partial charge in [-0.2, -0.15) is 4.31 Å². The Morgan fingerprint density at radius 3 is 2.33 bits per heavy atom. The summed E-state index contributed by atoms with van der Waals surface area (Å²) >= 11 is 0. The van der Waals surface area contributed by atoms with E-state index in [1.165, 1.54) is 44.6 Å². The number of anilines is 1. The number of nitrogens with zero attached hydrogens (tertiary/aromatic N) is 1. The molecule has 0 saturated heterocycles. The van der Waals surface area contributed by atoms with Crippen molar-refractivity contribution in [2.24, 2.45) is 0 Å². The first-order valence-electron chi connectivity index (χ1n) is 6.87. The summed E-state index contributed by atoms with van der Waals surface area (Å²) in [6, 6.07) is 10.0. The van der Waals surface area contributed by atoms with Gasteiger partial charge in [0.15, 0.2) is 0 Å². The first-order valence-corrected chi connectivity index (χ1v) is 8.31. The van der Waals surface area contributed by atoms with E-state index in [1.54, 1.807) is 12.1 Å². The second kappa shape index (κ2) is 5.64. The average molecular weight is 347 g/mol. The molecule has 1 amide bonds. The molecule has 7 nitrogen and oxygen atoms in total. The van der Waals surface area contributed by atoms with Crippen LogP contribution in [0.15, 0.2) is 47.4 Å². The predicted molar refractivity (Wildman–Crippen MR) is 85.0 cm³/mol. The lowest BCUT2D eigenvalue weighted by atomic mass is 10.1. The maximum Gasteiger partial charge on any atom is 0.313 e. The van der Waals surface area contributed by atoms with Crippen molar-refractivity contribution in [1.29, 1.82) is 0 Å². The van der Waals surface area contributed by atoms with Crippen LogP contribution in [0.3, 0.4) is 0 Å². The van der Waals surface area contributed by atoms with Gasteiger partial charge >= 0.3 is 5.91 Å². The van der Waals surface area contributed by atoms with Crippen LogP contribution in [0.5, 0.6) is 11.5 Å². The third-order valence-electron chi connectivity index (χ3n) is 3.64. The Hall–Kier alpha value is -2.87. The van der Waals surface area contributed by atoms with Crippen molar-refractivity contribution in [2.75, 3.05) is 18.5 Å². The Morgan fingerprint density at radius 2 is 1.67 bits per heavy atom. The number of fused-ring (bicyclic) bond motifs is 1. The van der Waals surface area contributed by atoms with Crippen LogP contribution in [0.4, 0.5) is 5.69 Å². The van der Waals surface area contributed by atoms with Crippen molar-refractivity contribution in [3.05, 3.63) is 48.0 Å². The number of para-hydroxylation sites is 1. The zero-order valence-electron chi connectivity index (χ0n) is 12.8. The minimum Gasteiger partial charge on any atom is -0.497 e. The van der Waals surface area contributed by atoms with Crippen LogP contribution in [0, 0.1) is 0 Å². The lowest BCUT2D eigenvalue weighted by Gasteiger charge is -2.18. The fraction of sp³-hybridized carbons (Fsp3) is 0.125. The van der Waals surface area contributed by atoms with Crippen LogP contribution in [0.25, 0.3) is 0 Å². The number of methoxy groups -OCH3 is 2. The highest BCUT2D eigenvalue weighted by Crippen LogP contribution is 2.37. The first kappa shape index (κ1) is 16.0. The molecule has 1 heterocycles. The SMILES string of the molecule is COc1ccc(S(=O)(=O)N2C(=O)C(=O)c3ccccc32)c(OC)c1. The van der Waals surface area contributed by atoms with Gasteiger partial charge < -0.3 is 9.47 Å². The van der Waals surface area contributed by atoms with Crippen LogP contribution in [0.1, 0.15) is 10.4 Å². The van der Waals surface area contributed by atoms with Gasteiger partial charge in [0.2, 0.25) is 0 Å². The molecule has 1 aliphatic rings. The summed E-state index contributed by atoms with van der Waals surface area (Å²) in [5.74, 6) is -1.57. The number of hydrogen-bond acceptors (Lipinski definition) is 6. The van der Waals surface area contributed by atoms with Gasteiger partial charge in [-0.3, -0.25) is 9.59 Å². The van der Waals surface area contributed by atoms with E-state index in [-0.39, 0.29) is 21.9 Å². The average Bonchev–Trinajstić information content (AvgIpc) is 2.86. The summed E-state index contributed by atoms with van der Waals surface area (Å²) in [7, 11) is -1.58. The number of rotatable bonds is 4. The summed E-state index contributed by atoms with van der Waals surface area (Å²) in [6.45, 7) is 0. The molecule has 0 aliphatic carbocycles. The van der Waals surface area contributed by atoms with E-state index in [4.69, 9.17) is 9.47 Å². The van der Waals surface area contributed by atoms with Gasteiger partial charge in [-0.1, -0.05) is 12.1 Å². The quantitative estimate of drug-likeness (QED) is 0.781. The molecule has 3 rings (SSSR count). The molecule has 8 heteroatoms. The molecule has 2 aromatic carbocycles. The molecular weight excluding hydrogens is 334 g/mol. The van der Waals surface area contributed by atoms with E-state index in [2.05, 4.69) is 0 Å².